The number of hydrogen-bond acceptors (Lipinski definition) is 4. The number of non-ortho nitro benzene ring substituents is 1. The van der Waals surface area contributed by atoms with Crippen LogP contribution in [-0.2, 0) is 21.8 Å². The molecule has 0 spiro atoms. The van der Waals surface area contributed by atoms with Gasteiger partial charge in [-0.2, -0.15) is 0 Å². The second kappa shape index (κ2) is 5.84. The summed E-state index contributed by atoms with van der Waals surface area (Å²) in [5.74, 6) is -0.484. The normalized spacial score (nSPS) is 10.1. The van der Waals surface area contributed by atoms with Gasteiger partial charge in [-0.05, 0) is 11.1 Å². The molecule has 0 atom stereocenters. The van der Waals surface area contributed by atoms with Crippen LogP contribution in [0.15, 0.2) is 12.1 Å². The summed E-state index contributed by atoms with van der Waals surface area (Å²) in [6.45, 7) is 0. The number of nitro benzene ring substituents is 1. The average Bonchev–Trinajstić information content (AvgIpc) is 2.31. The van der Waals surface area contributed by atoms with Crippen molar-refractivity contribution in [2.45, 2.75) is 12.3 Å². The molecule has 0 fully saturated rings. The maximum Gasteiger partial charge on any atom is 0.310 e. The summed E-state index contributed by atoms with van der Waals surface area (Å²) < 4.78 is 4.48. The Morgan fingerprint density at radius 1 is 1.47 bits per heavy atom. The molecule has 0 aliphatic rings. The molecular weight excluding hydrogens is 269 g/mol. The molecule has 1 rings (SSSR count). The number of esters is 1. The molecule has 0 aliphatic carbocycles. The Labute approximate surface area is 107 Å². The van der Waals surface area contributed by atoms with Crippen LogP contribution in [0.25, 0.3) is 0 Å². The molecule has 0 saturated carbocycles. The van der Waals surface area contributed by atoms with Crippen LogP contribution in [0.5, 0.6) is 0 Å². The highest BCUT2D eigenvalue weighted by atomic mass is 35.5. The lowest BCUT2D eigenvalue weighted by Crippen LogP contribution is -2.06. The van der Waals surface area contributed by atoms with E-state index in [1.54, 1.807) is 0 Å². The Kier molecular flexibility index (Phi) is 4.72. The quantitative estimate of drug-likeness (QED) is 0.367. The summed E-state index contributed by atoms with van der Waals surface area (Å²) >= 11 is 11.6. The maximum atomic E-state index is 11.1. The summed E-state index contributed by atoms with van der Waals surface area (Å²) in [5, 5.41) is 11.0. The van der Waals surface area contributed by atoms with Crippen molar-refractivity contribution in [3.8, 4) is 0 Å². The van der Waals surface area contributed by atoms with Crippen molar-refractivity contribution in [1.29, 1.82) is 0 Å². The lowest BCUT2D eigenvalue weighted by molar-refractivity contribution is -0.385. The van der Waals surface area contributed by atoms with Gasteiger partial charge in [0.15, 0.2) is 0 Å². The predicted molar refractivity (Wildman–Crippen MR) is 63.4 cm³/mol. The standard InChI is InChI=1S/C10H9Cl2NO4/c1-17-9(14)4-6-2-8(13(15)16)3-7(5-11)10(6)12/h2-3H,4-5H2,1H3. The van der Waals surface area contributed by atoms with Crippen molar-refractivity contribution in [2.75, 3.05) is 7.11 Å². The number of nitrogens with zero attached hydrogens (tertiary/aromatic N) is 1. The van der Waals surface area contributed by atoms with E-state index in [2.05, 4.69) is 4.74 Å². The zero-order valence-corrected chi connectivity index (χ0v) is 10.4. The summed E-state index contributed by atoms with van der Waals surface area (Å²) in [7, 11) is 1.23. The van der Waals surface area contributed by atoms with Crippen LogP contribution in [0.3, 0.4) is 0 Å². The minimum atomic E-state index is -0.562. The van der Waals surface area contributed by atoms with Gasteiger partial charge in [-0.25, -0.2) is 0 Å². The van der Waals surface area contributed by atoms with Gasteiger partial charge >= 0.3 is 5.97 Å². The summed E-state index contributed by atoms with van der Waals surface area (Å²) in [4.78, 5) is 21.3. The third-order valence-corrected chi connectivity index (χ3v) is 2.90. The molecular formula is C10H9Cl2NO4. The van der Waals surface area contributed by atoms with Crippen LogP contribution in [0.2, 0.25) is 5.02 Å². The number of hydrogen-bond donors (Lipinski definition) is 0. The lowest BCUT2D eigenvalue weighted by Gasteiger charge is -2.07. The first-order valence-electron chi connectivity index (χ1n) is 4.58. The van der Waals surface area contributed by atoms with Crippen LogP contribution in [0, 0.1) is 10.1 Å². The second-order valence-corrected chi connectivity index (χ2v) is 3.87. The highest BCUT2D eigenvalue weighted by Gasteiger charge is 2.17. The van der Waals surface area contributed by atoms with Crippen molar-refractivity contribution in [2.24, 2.45) is 0 Å². The first-order chi connectivity index (χ1) is 7.99. The van der Waals surface area contributed by atoms with Gasteiger partial charge in [0.2, 0.25) is 0 Å². The van der Waals surface area contributed by atoms with Gasteiger partial charge in [0, 0.05) is 23.0 Å². The zero-order valence-electron chi connectivity index (χ0n) is 8.91. The van der Waals surface area contributed by atoms with Crippen LogP contribution < -0.4 is 0 Å². The largest absolute Gasteiger partial charge is 0.469 e. The topological polar surface area (TPSA) is 69.4 Å². The Hall–Kier alpha value is -1.33. The number of ether oxygens (including phenoxy) is 1. The zero-order chi connectivity index (χ0) is 13.0. The summed E-state index contributed by atoms with van der Waals surface area (Å²) in [5.41, 5.74) is 0.605. The number of nitro groups is 1. The Bertz CT molecular complexity index is 462. The third kappa shape index (κ3) is 3.31. The van der Waals surface area contributed by atoms with Crippen LogP contribution >= 0.6 is 23.2 Å². The van der Waals surface area contributed by atoms with E-state index in [1.165, 1.54) is 19.2 Å². The van der Waals surface area contributed by atoms with Gasteiger partial charge in [0.05, 0.1) is 18.5 Å². The minimum Gasteiger partial charge on any atom is -0.469 e. The molecule has 0 bridgehead atoms. The van der Waals surface area contributed by atoms with Gasteiger partial charge < -0.3 is 4.74 Å². The van der Waals surface area contributed by atoms with Crippen molar-refractivity contribution in [3.63, 3.8) is 0 Å². The van der Waals surface area contributed by atoms with E-state index in [0.29, 0.717) is 11.1 Å². The van der Waals surface area contributed by atoms with E-state index in [0.717, 1.165) is 0 Å². The Morgan fingerprint density at radius 2 is 2.06 bits per heavy atom. The van der Waals surface area contributed by atoms with E-state index in [1.807, 2.05) is 0 Å². The van der Waals surface area contributed by atoms with E-state index < -0.39 is 10.9 Å². The molecule has 92 valence electrons. The highest BCUT2D eigenvalue weighted by molar-refractivity contribution is 6.33. The van der Waals surface area contributed by atoms with Gasteiger partial charge in [0.25, 0.3) is 5.69 Å². The minimum absolute atomic E-state index is 0.0364. The second-order valence-electron chi connectivity index (χ2n) is 3.22. The number of rotatable bonds is 4. The average molecular weight is 278 g/mol. The molecule has 1 aromatic rings. The van der Waals surface area contributed by atoms with Gasteiger partial charge in [-0.3, -0.25) is 14.9 Å². The monoisotopic (exact) mass is 277 g/mol. The SMILES string of the molecule is COC(=O)Cc1cc([N+](=O)[O-])cc(CCl)c1Cl. The van der Waals surface area contributed by atoms with Crippen LogP contribution in [0.1, 0.15) is 11.1 Å². The smallest absolute Gasteiger partial charge is 0.310 e. The van der Waals surface area contributed by atoms with Gasteiger partial charge in [-0.15, -0.1) is 11.6 Å². The molecule has 0 heterocycles. The fourth-order valence-corrected chi connectivity index (χ4v) is 1.81. The van der Waals surface area contributed by atoms with Gasteiger partial charge in [-0.1, -0.05) is 11.6 Å². The summed E-state index contributed by atoms with van der Waals surface area (Å²) in [6.07, 6.45) is -0.124. The molecule has 17 heavy (non-hydrogen) atoms. The third-order valence-electron chi connectivity index (χ3n) is 2.13. The van der Waals surface area contributed by atoms with Gasteiger partial charge in [0.1, 0.15) is 0 Å². The number of methoxy groups -OCH3 is 1. The molecule has 0 aromatic heterocycles. The molecule has 0 radical (unpaired) electrons. The highest BCUT2D eigenvalue weighted by Crippen LogP contribution is 2.28. The summed E-state index contributed by atoms with van der Waals surface area (Å²) in [6, 6.07) is 2.53. The number of carbonyl (C=O) groups is 1. The van der Waals surface area contributed by atoms with E-state index in [4.69, 9.17) is 23.2 Å². The van der Waals surface area contributed by atoms with E-state index >= 15 is 0 Å². The molecule has 7 heteroatoms. The molecule has 5 nitrogen and oxygen atoms in total. The van der Waals surface area contributed by atoms with Crippen molar-refractivity contribution in [3.05, 3.63) is 38.4 Å². The number of benzene rings is 1. The fraction of sp³-hybridized carbons (Fsp3) is 0.300. The molecule has 0 saturated heterocycles. The Morgan fingerprint density at radius 3 is 2.53 bits per heavy atom. The number of alkyl halides is 1. The molecule has 0 N–H and O–H groups in total. The predicted octanol–water partition coefficient (Wildman–Crippen LogP) is 2.70. The van der Waals surface area contributed by atoms with Crippen molar-refractivity contribution < 1.29 is 14.5 Å². The lowest BCUT2D eigenvalue weighted by atomic mass is 10.1. The van der Waals surface area contributed by atoms with E-state index in [9.17, 15) is 14.9 Å². The first kappa shape index (κ1) is 13.7. The van der Waals surface area contributed by atoms with Crippen LogP contribution in [-0.4, -0.2) is 18.0 Å². The Balaban J connectivity index is 3.22. The molecule has 1 aromatic carbocycles. The first-order valence-corrected chi connectivity index (χ1v) is 5.49. The van der Waals surface area contributed by atoms with Crippen molar-refractivity contribution >= 4 is 34.9 Å². The number of carbonyl (C=O) groups excluding carboxylic acids is 1. The van der Waals surface area contributed by atoms with Crippen LogP contribution in [0.4, 0.5) is 5.69 Å². The molecule has 0 unspecified atom stereocenters. The maximum absolute atomic E-state index is 11.1. The van der Waals surface area contributed by atoms with Crippen molar-refractivity contribution in [1.82, 2.24) is 0 Å². The van der Waals surface area contributed by atoms with E-state index in [-0.39, 0.29) is 23.0 Å². The number of halogens is 2. The fourth-order valence-electron chi connectivity index (χ4n) is 1.29. The molecule has 0 aliphatic heterocycles. The molecule has 0 amide bonds.